The van der Waals surface area contributed by atoms with Gasteiger partial charge in [-0.1, -0.05) is 22.6 Å². The summed E-state index contributed by atoms with van der Waals surface area (Å²) in [6.07, 6.45) is 0. The lowest BCUT2D eigenvalue weighted by atomic mass is 10.5. The lowest BCUT2D eigenvalue weighted by Gasteiger charge is -2.15. The highest BCUT2D eigenvalue weighted by Crippen LogP contribution is 1.90. The van der Waals surface area contributed by atoms with Crippen molar-refractivity contribution in [3.8, 4) is 0 Å². The molecule has 0 saturated heterocycles. The van der Waals surface area contributed by atoms with Gasteiger partial charge in [0.1, 0.15) is 0 Å². The van der Waals surface area contributed by atoms with Crippen LogP contribution in [-0.4, -0.2) is 35.2 Å². The molecule has 0 aliphatic rings. The van der Waals surface area contributed by atoms with E-state index in [0.717, 1.165) is 19.6 Å². The van der Waals surface area contributed by atoms with Crippen LogP contribution in [0, 0.1) is 0 Å². The van der Waals surface area contributed by atoms with E-state index in [2.05, 4.69) is 34.8 Å². The first-order valence-corrected chi connectivity index (χ1v) is 4.98. The first kappa shape index (κ1) is 11.6. The van der Waals surface area contributed by atoms with Crippen molar-refractivity contribution in [2.45, 2.75) is 11.0 Å². The van der Waals surface area contributed by atoms with Crippen LogP contribution in [0.25, 0.3) is 0 Å². The lowest BCUT2D eigenvalue weighted by Crippen LogP contribution is -2.41. The maximum atomic E-state index is 5.58. The van der Waals surface area contributed by atoms with Crippen LogP contribution in [0.5, 0.6) is 0 Å². The van der Waals surface area contributed by atoms with Gasteiger partial charge in [0.05, 0.1) is 4.05 Å². The standard InChI is InChI=1S/C6H17IN4/c1-6(7)10-3-5-11(9)4-2-8/h6,10H,2-5,8-9H2,1H3. The third-order valence-corrected chi connectivity index (χ3v) is 1.68. The van der Waals surface area contributed by atoms with Crippen LogP contribution in [0.3, 0.4) is 0 Å². The molecule has 0 aromatic rings. The first-order chi connectivity index (χ1) is 5.16. The Balaban J connectivity index is 3.10. The molecule has 0 saturated carbocycles. The second-order valence-corrected chi connectivity index (χ2v) is 4.26. The van der Waals surface area contributed by atoms with E-state index < -0.39 is 0 Å². The third kappa shape index (κ3) is 8.48. The molecule has 0 aliphatic heterocycles. The van der Waals surface area contributed by atoms with Crippen molar-refractivity contribution in [2.24, 2.45) is 11.6 Å². The minimum Gasteiger partial charge on any atom is -0.329 e. The average molecular weight is 272 g/mol. The first-order valence-electron chi connectivity index (χ1n) is 3.74. The highest BCUT2D eigenvalue weighted by Gasteiger charge is 1.97. The van der Waals surface area contributed by atoms with Crippen LogP contribution in [0.15, 0.2) is 0 Å². The van der Waals surface area contributed by atoms with Gasteiger partial charge in [0, 0.05) is 26.2 Å². The number of nitrogens with two attached hydrogens (primary N) is 2. The molecule has 0 rings (SSSR count). The molecule has 0 aromatic heterocycles. The van der Waals surface area contributed by atoms with Crippen LogP contribution in [0.2, 0.25) is 0 Å². The summed E-state index contributed by atoms with van der Waals surface area (Å²) in [6.45, 7) is 5.25. The average Bonchev–Trinajstić information content (AvgIpc) is 1.87. The minimum atomic E-state index is 0.499. The van der Waals surface area contributed by atoms with E-state index in [1.807, 2.05) is 0 Å². The van der Waals surface area contributed by atoms with Gasteiger partial charge in [-0.25, -0.2) is 5.01 Å². The highest BCUT2D eigenvalue weighted by molar-refractivity contribution is 14.1. The molecule has 5 N–H and O–H groups in total. The topological polar surface area (TPSA) is 67.3 Å². The molecule has 0 spiro atoms. The van der Waals surface area contributed by atoms with Gasteiger partial charge >= 0.3 is 0 Å². The summed E-state index contributed by atoms with van der Waals surface area (Å²) in [7, 11) is 0. The molecule has 1 unspecified atom stereocenters. The Morgan fingerprint density at radius 1 is 1.55 bits per heavy atom. The van der Waals surface area contributed by atoms with E-state index in [0.29, 0.717) is 10.6 Å². The normalized spacial score (nSPS) is 13.9. The number of rotatable bonds is 6. The predicted octanol–water partition coefficient (Wildman–Crippen LogP) is -0.509. The van der Waals surface area contributed by atoms with E-state index in [1.54, 1.807) is 5.01 Å². The maximum Gasteiger partial charge on any atom is 0.0565 e. The number of halogens is 1. The number of hydrogen-bond acceptors (Lipinski definition) is 4. The molecule has 0 radical (unpaired) electrons. The van der Waals surface area contributed by atoms with Gasteiger partial charge in [-0.15, -0.1) is 0 Å². The largest absolute Gasteiger partial charge is 0.329 e. The fraction of sp³-hybridized carbons (Fsp3) is 1.00. The van der Waals surface area contributed by atoms with Crippen molar-refractivity contribution < 1.29 is 0 Å². The van der Waals surface area contributed by atoms with Gasteiger partial charge < -0.3 is 11.1 Å². The molecule has 4 nitrogen and oxygen atoms in total. The van der Waals surface area contributed by atoms with E-state index >= 15 is 0 Å². The molecule has 0 aromatic carbocycles. The van der Waals surface area contributed by atoms with E-state index in [1.165, 1.54) is 0 Å². The monoisotopic (exact) mass is 272 g/mol. The molecular formula is C6H17IN4. The molecule has 0 amide bonds. The highest BCUT2D eigenvalue weighted by atomic mass is 127. The Morgan fingerprint density at radius 2 is 2.18 bits per heavy atom. The summed E-state index contributed by atoms with van der Waals surface area (Å²) in [5.74, 6) is 5.58. The SMILES string of the molecule is CC(I)NCCN(N)CCN. The summed E-state index contributed by atoms with van der Waals surface area (Å²) in [6, 6.07) is 0. The summed E-state index contributed by atoms with van der Waals surface area (Å²) < 4.78 is 0.499. The van der Waals surface area contributed by atoms with Crippen LogP contribution >= 0.6 is 22.6 Å². The van der Waals surface area contributed by atoms with Crippen molar-refractivity contribution in [3.05, 3.63) is 0 Å². The quantitative estimate of drug-likeness (QED) is 0.200. The Kier molecular flexibility index (Phi) is 7.61. The van der Waals surface area contributed by atoms with Gasteiger partial charge in [0.15, 0.2) is 0 Å². The van der Waals surface area contributed by atoms with Crippen LogP contribution in [-0.2, 0) is 0 Å². The number of alkyl halides is 1. The Bertz CT molecular complexity index is 88.7. The van der Waals surface area contributed by atoms with Crippen molar-refractivity contribution in [3.63, 3.8) is 0 Å². The van der Waals surface area contributed by atoms with E-state index in [9.17, 15) is 0 Å². The second kappa shape index (κ2) is 7.23. The molecule has 11 heavy (non-hydrogen) atoms. The zero-order valence-electron chi connectivity index (χ0n) is 6.89. The van der Waals surface area contributed by atoms with Gasteiger partial charge in [0.25, 0.3) is 0 Å². The number of hydrazine groups is 1. The van der Waals surface area contributed by atoms with Crippen molar-refractivity contribution >= 4 is 22.6 Å². The number of nitrogens with one attached hydrogen (secondary N) is 1. The van der Waals surface area contributed by atoms with E-state index in [-0.39, 0.29) is 0 Å². The molecule has 0 fully saturated rings. The lowest BCUT2D eigenvalue weighted by molar-refractivity contribution is 0.290. The van der Waals surface area contributed by atoms with Crippen LogP contribution < -0.4 is 16.9 Å². The zero-order valence-corrected chi connectivity index (χ0v) is 9.04. The predicted molar refractivity (Wildman–Crippen MR) is 56.3 cm³/mol. The van der Waals surface area contributed by atoms with Gasteiger partial charge in [-0.2, -0.15) is 0 Å². The summed E-state index contributed by atoms with van der Waals surface area (Å²) in [5, 5.41) is 4.99. The Hall–Kier alpha value is 0.570. The second-order valence-electron chi connectivity index (χ2n) is 2.39. The van der Waals surface area contributed by atoms with E-state index in [4.69, 9.17) is 11.6 Å². The zero-order chi connectivity index (χ0) is 8.69. The Morgan fingerprint density at radius 3 is 2.64 bits per heavy atom. The van der Waals surface area contributed by atoms with Crippen molar-refractivity contribution in [2.75, 3.05) is 26.2 Å². The molecule has 0 aliphatic carbocycles. The maximum absolute atomic E-state index is 5.58. The Labute approximate surface area is 81.8 Å². The summed E-state index contributed by atoms with van der Waals surface area (Å²) in [5.41, 5.74) is 5.32. The van der Waals surface area contributed by atoms with Gasteiger partial charge in [0.2, 0.25) is 0 Å². The fourth-order valence-electron chi connectivity index (χ4n) is 0.685. The summed E-state index contributed by atoms with van der Waals surface area (Å²) >= 11 is 2.32. The molecule has 0 heterocycles. The van der Waals surface area contributed by atoms with Crippen molar-refractivity contribution in [1.82, 2.24) is 10.3 Å². The van der Waals surface area contributed by atoms with Crippen LogP contribution in [0.4, 0.5) is 0 Å². The third-order valence-electron chi connectivity index (χ3n) is 1.24. The molecule has 1 atom stereocenters. The minimum absolute atomic E-state index is 0.499. The summed E-state index contributed by atoms with van der Waals surface area (Å²) in [4.78, 5) is 0. The number of nitrogens with zero attached hydrogens (tertiary/aromatic N) is 1. The van der Waals surface area contributed by atoms with Gasteiger partial charge in [-0.3, -0.25) is 5.84 Å². The van der Waals surface area contributed by atoms with Crippen LogP contribution in [0.1, 0.15) is 6.92 Å². The smallest absolute Gasteiger partial charge is 0.0565 e. The molecule has 0 bridgehead atoms. The van der Waals surface area contributed by atoms with Crippen molar-refractivity contribution in [1.29, 1.82) is 0 Å². The fourth-order valence-corrected chi connectivity index (χ4v) is 0.996. The molecular weight excluding hydrogens is 255 g/mol. The number of hydrogen-bond donors (Lipinski definition) is 3. The molecule has 68 valence electrons. The van der Waals surface area contributed by atoms with Gasteiger partial charge in [-0.05, 0) is 6.92 Å². The molecule has 5 heteroatoms.